The van der Waals surface area contributed by atoms with Gasteiger partial charge in [0.25, 0.3) is 0 Å². The molecule has 1 aliphatic heterocycles. The van der Waals surface area contributed by atoms with Crippen molar-refractivity contribution in [3.05, 3.63) is 77.9 Å². The number of aromatic nitrogens is 4. The smallest absolute Gasteiger partial charge is 0.334 e. The van der Waals surface area contributed by atoms with E-state index in [1.54, 1.807) is 0 Å². The number of hydrogen-bond donors (Lipinski definition) is 4. The number of terminal acetylenes is 1. The minimum Gasteiger partial charge on any atom is -0.489 e. The SMILES string of the molecule is C#Cc1ccc(OCc2ccccc2)c(CNc2ncnc3c2ncn3C2OC(C(=O)O)C(N)C2O)c1. The maximum atomic E-state index is 11.4. The third-order valence-electron chi connectivity index (χ3n) is 6.11. The molecule has 0 saturated carbocycles. The highest BCUT2D eigenvalue weighted by Gasteiger charge is 2.46. The van der Waals surface area contributed by atoms with Crippen molar-refractivity contribution in [1.82, 2.24) is 19.5 Å². The van der Waals surface area contributed by atoms with E-state index in [0.717, 1.165) is 11.1 Å². The summed E-state index contributed by atoms with van der Waals surface area (Å²) in [7, 11) is 0. The van der Waals surface area contributed by atoms with Gasteiger partial charge in [0.2, 0.25) is 0 Å². The van der Waals surface area contributed by atoms with Gasteiger partial charge in [-0.2, -0.15) is 0 Å². The number of carboxylic acid groups (broad SMARTS) is 1. The van der Waals surface area contributed by atoms with Gasteiger partial charge in [-0.3, -0.25) is 4.57 Å². The molecule has 37 heavy (non-hydrogen) atoms. The molecule has 2 aromatic heterocycles. The van der Waals surface area contributed by atoms with Gasteiger partial charge in [0, 0.05) is 17.7 Å². The van der Waals surface area contributed by atoms with E-state index >= 15 is 0 Å². The summed E-state index contributed by atoms with van der Waals surface area (Å²) in [6, 6.07) is 14.2. The Bertz CT molecular complexity index is 1470. The maximum Gasteiger partial charge on any atom is 0.334 e. The fourth-order valence-corrected chi connectivity index (χ4v) is 4.17. The van der Waals surface area contributed by atoms with Crippen LogP contribution in [0.5, 0.6) is 5.75 Å². The van der Waals surface area contributed by atoms with Crippen LogP contribution >= 0.6 is 0 Å². The number of fused-ring (bicyclic) bond motifs is 1. The van der Waals surface area contributed by atoms with Crippen LogP contribution in [0.15, 0.2) is 61.2 Å². The number of nitrogens with zero attached hydrogens (tertiary/aromatic N) is 4. The Morgan fingerprint density at radius 2 is 2.03 bits per heavy atom. The first-order chi connectivity index (χ1) is 18.0. The van der Waals surface area contributed by atoms with Gasteiger partial charge in [0.15, 0.2) is 29.3 Å². The summed E-state index contributed by atoms with van der Waals surface area (Å²) in [5.41, 5.74) is 9.16. The number of anilines is 1. The standard InChI is InChI=1S/C26H24N6O5/c1-2-15-8-9-18(36-12-16-6-4-3-5-7-16)17(10-15)11-28-23-20-24(30-13-29-23)32(14-31-20)25-21(33)19(27)22(37-25)26(34)35/h1,3-10,13-14,19,21-22,25,33H,11-12,27H2,(H,34,35)(H,28,29,30). The topological polar surface area (TPSA) is 158 Å². The molecule has 1 aliphatic rings. The predicted octanol–water partition coefficient (Wildman–Crippen LogP) is 1.67. The number of nitrogens with two attached hydrogens (primary N) is 1. The van der Waals surface area contributed by atoms with Crippen LogP contribution in [0, 0.1) is 12.3 Å². The van der Waals surface area contributed by atoms with E-state index in [4.69, 9.17) is 21.6 Å². The van der Waals surface area contributed by atoms with Crippen LogP contribution < -0.4 is 15.8 Å². The molecule has 3 heterocycles. The number of carbonyl (C=O) groups is 1. The Labute approximate surface area is 211 Å². The number of imidazole rings is 1. The van der Waals surface area contributed by atoms with Crippen molar-refractivity contribution in [1.29, 1.82) is 0 Å². The zero-order valence-electron chi connectivity index (χ0n) is 19.6. The Kier molecular flexibility index (Phi) is 6.70. The molecule has 0 radical (unpaired) electrons. The zero-order valence-corrected chi connectivity index (χ0v) is 19.6. The molecule has 4 aromatic rings. The number of ether oxygens (including phenoxy) is 2. The highest BCUT2D eigenvalue weighted by molar-refractivity contribution is 5.83. The van der Waals surface area contributed by atoms with E-state index in [1.807, 2.05) is 48.5 Å². The van der Waals surface area contributed by atoms with Gasteiger partial charge in [0.05, 0.1) is 12.4 Å². The minimum absolute atomic E-state index is 0.327. The Balaban J connectivity index is 1.38. The Hall–Kier alpha value is -4.50. The van der Waals surface area contributed by atoms with Crippen LogP contribution in [0.25, 0.3) is 11.2 Å². The van der Waals surface area contributed by atoms with Gasteiger partial charge < -0.3 is 30.7 Å². The molecule has 4 atom stereocenters. The molecule has 188 valence electrons. The Morgan fingerprint density at radius 1 is 1.22 bits per heavy atom. The lowest BCUT2D eigenvalue weighted by atomic mass is 10.1. The van der Waals surface area contributed by atoms with E-state index < -0.39 is 30.4 Å². The number of hydrogen-bond acceptors (Lipinski definition) is 9. The molecule has 5 N–H and O–H groups in total. The van der Waals surface area contributed by atoms with Gasteiger partial charge in [-0.25, -0.2) is 19.7 Å². The molecule has 0 bridgehead atoms. The summed E-state index contributed by atoms with van der Waals surface area (Å²) in [6.07, 6.45) is 4.67. The second kappa shape index (κ2) is 10.2. The number of nitrogens with one attached hydrogen (secondary N) is 1. The van der Waals surface area contributed by atoms with Gasteiger partial charge >= 0.3 is 5.97 Å². The zero-order chi connectivity index (χ0) is 25.9. The third kappa shape index (κ3) is 4.81. The van der Waals surface area contributed by atoms with E-state index in [1.165, 1.54) is 17.2 Å². The second-order valence-corrected chi connectivity index (χ2v) is 8.49. The molecule has 11 heteroatoms. The van der Waals surface area contributed by atoms with Crippen molar-refractivity contribution in [3.63, 3.8) is 0 Å². The van der Waals surface area contributed by atoms with Gasteiger partial charge in [-0.05, 0) is 23.8 Å². The van der Waals surface area contributed by atoms with Crippen molar-refractivity contribution in [2.75, 3.05) is 5.32 Å². The van der Waals surface area contributed by atoms with Gasteiger partial charge in [-0.15, -0.1) is 6.42 Å². The van der Waals surface area contributed by atoms with Crippen molar-refractivity contribution in [2.45, 2.75) is 37.6 Å². The summed E-state index contributed by atoms with van der Waals surface area (Å²) >= 11 is 0. The van der Waals surface area contributed by atoms with Crippen LogP contribution in [0.3, 0.4) is 0 Å². The monoisotopic (exact) mass is 500 g/mol. The lowest BCUT2D eigenvalue weighted by molar-refractivity contribution is -0.152. The van der Waals surface area contributed by atoms with E-state index in [-0.39, 0.29) is 0 Å². The first-order valence-corrected chi connectivity index (χ1v) is 11.5. The molecule has 4 unspecified atom stereocenters. The minimum atomic E-state index is -1.35. The maximum absolute atomic E-state index is 11.4. The van der Waals surface area contributed by atoms with Crippen LogP contribution in [-0.2, 0) is 22.7 Å². The van der Waals surface area contributed by atoms with Crippen molar-refractivity contribution in [2.24, 2.45) is 5.73 Å². The predicted molar refractivity (Wildman–Crippen MR) is 133 cm³/mol. The average molecular weight is 501 g/mol. The molecule has 0 amide bonds. The van der Waals surface area contributed by atoms with E-state index in [2.05, 4.69) is 26.2 Å². The number of aliphatic carboxylic acids is 1. The van der Waals surface area contributed by atoms with Crippen LogP contribution in [0.4, 0.5) is 5.82 Å². The summed E-state index contributed by atoms with van der Waals surface area (Å²) in [6.45, 7) is 0.724. The molecule has 5 rings (SSSR count). The molecule has 0 spiro atoms. The van der Waals surface area contributed by atoms with Crippen LogP contribution in [0.2, 0.25) is 0 Å². The first-order valence-electron chi connectivity index (χ1n) is 11.5. The van der Waals surface area contributed by atoms with Crippen LogP contribution in [0.1, 0.15) is 22.9 Å². The number of benzene rings is 2. The highest BCUT2D eigenvalue weighted by Crippen LogP contribution is 2.32. The van der Waals surface area contributed by atoms with Crippen molar-refractivity contribution < 1.29 is 24.5 Å². The molecular formula is C26H24N6O5. The molecule has 0 aliphatic carbocycles. The summed E-state index contributed by atoms with van der Waals surface area (Å²) in [5, 5.41) is 23.1. The summed E-state index contributed by atoms with van der Waals surface area (Å²) in [4.78, 5) is 24.3. The quantitative estimate of drug-likeness (QED) is 0.262. The third-order valence-corrected chi connectivity index (χ3v) is 6.11. The van der Waals surface area contributed by atoms with Gasteiger partial charge in [0.1, 0.15) is 24.8 Å². The summed E-state index contributed by atoms with van der Waals surface area (Å²) in [5.74, 6) is 2.48. The molecule has 2 aromatic carbocycles. The van der Waals surface area contributed by atoms with Crippen molar-refractivity contribution in [3.8, 4) is 18.1 Å². The number of rotatable bonds is 8. The molecule has 11 nitrogen and oxygen atoms in total. The number of carboxylic acids is 1. The second-order valence-electron chi connectivity index (χ2n) is 8.49. The lowest BCUT2D eigenvalue weighted by Gasteiger charge is -2.17. The number of aliphatic hydroxyl groups is 1. The first kappa shape index (κ1) is 24.2. The molecule has 1 fully saturated rings. The average Bonchev–Trinajstić information content (AvgIpc) is 3.48. The largest absolute Gasteiger partial charge is 0.489 e. The highest BCUT2D eigenvalue weighted by atomic mass is 16.6. The van der Waals surface area contributed by atoms with Crippen molar-refractivity contribution >= 4 is 23.0 Å². The Morgan fingerprint density at radius 3 is 2.76 bits per heavy atom. The normalized spacial score (nSPS) is 21.0. The van der Waals surface area contributed by atoms with Gasteiger partial charge in [-0.1, -0.05) is 36.3 Å². The fraction of sp³-hybridized carbons (Fsp3) is 0.231. The lowest BCUT2D eigenvalue weighted by Crippen LogP contribution is -2.43. The van der Waals surface area contributed by atoms with E-state index in [0.29, 0.717) is 41.4 Å². The molecule has 1 saturated heterocycles. The fourth-order valence-electron chi connectivity index (χ4n) is 4.17. The number of aliphatic hydroxyl groups excluding tert-OH is 1. The molecular weight excluding hydrogens is 476 g/mol. The van der Waals surface area contributed by atoms with E-state index in [9.17, 15) is 15.0 Å². The summed E-state index contributed by atoms with van der Waals surface area (Å²) < 4.78 is 13.0. The van der Waals surface area contributed by atoms with Crippen LogP contribution in [-0.4, -0.2) is 54.0 Å².